The maximum Gasteiger partial charge on any atom is 0.400 e. The molecule has 76 valence electrons. The van der Waals surface area contributed by atoms with Gasteiger partial charge in [-0.2, -0.15) is 0 Å². The summed E-state index contributed by atoms with van der Waals surface area (Å²) in [7, 11) is -1.62. The Balaban J connectivity index is 2.65. The van der Waals surface area contributed by atoms with Gasteiger partial charge in [-0.3, -0.25) is 4.57 Å². The molecule has 1 aromatic carbocycles. The molecule has 0 fully saturated rings. The van der Waals surface area contributed by atoms with Gasteiger partial charge in [-0.1, -0.05) is 17.7 Å². The average molecular weight is 214 g/mol. The third-order valence-electron chi connectivity index (χ3n) is 1.58. The van der Waals surface area contributed by atoms with E-state index in [-0.39, 0.29) is 0 Å². The van der Waals surface area contributed by atoms with Gasteiger partial charge < -0.3 is 9.26 Å². The monoisotopic (exact) mass is 214 g/mol. The smallest absolute Gasteiger partial charge is 0.400 e. The van der Waals surface area contributed by atoms with Gasteiger partial charge in [-0.05, 0) is 19.1 Å². The van der Waals surface area contributed by atoms with Crippen LogP contribution in [0.15, 0.2) is 24.3 Å². The van der Waals surface area contributed by atoms with Crippen LogP contribution in [-0.4, -0.2) is 12.8 Å². The highest BCUT2D eigenvalue weighted by atomic mass is 31.1. The molecular weight excluding hydrogens is 203 g/mol. The molecular formula is C9H11O4P. The first kappa shape index (κ1) is 10.8. The number of rotatable bonds is 3. The van der Waals surface area contributed by atoms with Crippen molar-refractivity contribution >= 4 is 13.7 Å². The van der Waals surface area contributed by atoms with Crippen molar-refractivity contribution in [1.29, 1.82) is 0 Å². The first-order valence-electron chi connectivity index (χ1n) is 4.00. The summed E-state index contributed by atoms with van der Waals surface area (Å²) in [5.74, 6) is 0.407. The molecule has 1 aromatic rings. The lowest BCUT2D eigenvalue weighted by molar-refractivity contribution is 0.195. The molecule has 0 amide bonds. The molecule has 0 saturated carbocycles. The van der Waals surface area contributed by atoms with Crippen LogP contribution in [0.3, 0.4) is 0 Å². The molecule has 0 saturated heterocycles. The minimum Gasteiger partial charge on any atom is -0.461 e. The fraction of sp³-hybridized carbons (Fsp3) is 0.222. The lowest BCUT2D eigenvalue weighted by Gasteiger charge is -2.03. The number of carbonyl (C=O) groups excluding carboxylic acids is 1. The zero-order valence-corrected chi connectivity index (χ0v) is 8.94. The summed E-state index contributed by atoms with van der Waals surface area (Å²) in [6.45, 7) is 1.92. The summed E-state index contributed by atoms with van der Waals surface area (Å²) in [6, 6.07) is 6.92. The molecule has 0 spiro atoms. The van der Waals surface area contributed by atoms with E-state index >= 15 is 0 Å². The number of ether oxygens (including phenoxy) is 1. The second-order valence-electron chi connectivity index (χ2n) is 2.69. The van der Waals surface area contributed by atoms with E-state index in [1.165, 1.54) is 7.11 Å². The van der Waals surface area contributed by atoms with Crippen LogP contribution in [0, 0.1) is 6.92 Å². The lowest BCUT2D eigenvalue weighted by atomic mass is 10.2. The van der Waals surface area contributed by atoms with E-state index in [0.29, 0.717) is 5.75 Å². The summed E-state index contributed by atoms with van der Waals surface area (Å²) in [6.07, 6.45) is 0. The third-order valence-corrected chi connectivity index (χ3v) is 2.54. The molecule has 0 radical (unpaired) electrons. The van der Waals surface area contributed by atoms with Crippen LogP contribution in [0.5, 0.6) is 5.75 Å². The quantitative estimate of drug-likeness (QED) is 0.725. The molecule has 0 heterocycles. The van der Waals surface area contributed by atoms with Gasteiger partial charge in [0.05, 0.1) is 7.11 Å². The maximum atomic E-state index is 11.1. The summed E-state index contributed by atoms with van der Waals surface area (Å²) < 4.78 is 20.3. The molecule has 0 aliphatic carbocycles. The predicted octanol–water partition coefficient (Wildman–Crippen LogP) is 2.61. The van der Waals surface area contributed by atoms with Crippen LogP contribution in [0.1, 0.15) is 5.56 Å². The van der Waals surface area contributed by atoms with Crippen molar-refractivity contribution in [2.75, 3.05) is 7.11 Å². The Kier molecular flexibility index (Phi) is 3.72. The standard InChI is InChI=1S/C9H11O4P/c1-7-3-5-8(6-4-7)13-14(11)9(10)12-2/h3-6,14H,1-2H3. The van der Waals surface area contributed by atoms with Crippen molar-refractivity contribution in [3.05, 3.63) is 29.8 Å². The number of carbonyl (C=O) groups is 1. The van der Waals surface area contributed by atoms with Crippen molar-refractivity contribution in [2.45, 2.75) is 6.92 Å². The van der Waals surface area contributed by atoms with E-state index in [0.717, 1.165) is 5.56 Å². The highest BCUT2D eigenvalue weighted by Crippen LogP contribution is 2.28. The summed E-state index contributed by atoms with van der Waals surface area (Å²) in [5.41, 5.74) is 0.241. The van der Waals surface area contributed by atoms with E-state index < -0.39 is 13.7 Å². The number of methoxy groups -OCH3 is 1. The van der Waals surface area contributed by atoms with Gasteiger partial charge in [-0.25, -0.2) is 4.79 Å². The molecule has 0 N–H and O–H groups in total. The average Bonchev–Trinajstić information content (AvgIpc) is 2.20. The molecule has 0 bridgehead atoms. The Morgan fingerprint density at radius 3 is 2.36 bits per heavy atom. The van der Waals surface area contributed by atoms with Crippen molar-refractivity contribution < 1.29 is 18.6 Å². The number of aryl methyl sites for hydroxylation is 1. The summed E-state index contributed by atoms with van der Waals surface area (Å²) >= 11 is 0. The summed E-state index contributed by atoms with van der Waals surface area (Å²) in [4.78, 5) is 10.8. The largest absolute Gasteiger partial charge is 0.461 e. The van der Waals surface area contributed by atoms with Crippen LogP contribution in [0.4, 0.5) is 4.79 Å². The molecule has 0 aromatic heterocycles. The molecule has 5 heteroatoms. The third kappa shape index (κ3) is 2.89. The second-order valence-corrected chi connectivity index (χ2v) is 3.88. The molecule has 1 rings (SSSR count). The lowest BCUT2D eigenvalue weighted by Crippen LogP contribution is -1.94. The van der Waals surface area contributed by atoms with E-state index in [1.54, 1.807) is 12.1 Å². The van der Waals surface area contributed by atoms with Crippen molar-refractivity contribution in [2.24, 2.45) is 0 Å². The molecule has 0 aliphatic heterocycles. The first-order chi connectivity index (χ1) is 6.63. The minimum absolute atomic E-state index is 0.407. The van der Waals surface area contributed by atoms with Crippen LogP contribution >= 0.6 is 8.03 Å². The summed E-state index contributed by atoms with van der Waals surface area (Å²) in [5, 5.41) is 0. The Hall–Kier alpha value is -1.28. The van der Waals surface area contributed by atoms with Gasteiger partial charge >= 0.3 is 13.7 Å². The van der Waals surface area contributed by atoms with Gasteiger partial charge in [0.15, 0.2) is 0 Å². The van der Waals surface area contributed by atoms with Gasteiger partial charge in [0, 0.05) is 0 Å². The Morgan fingerprint density at radius 1 is 1.29 bits per heavy atom. The highest BCUT2D eigenvalue weighted by Gasteiger charge is 2.12. The Labute approximate surface area is 82.7 Å². The second kappa shape index (κ2) is 4.82. The van der Waals surface area contributed by atoms with E-state index in [1.807, 2.05) is 19.1 Å². The molecule has 14 heavy (non-hydrogen) atoms. The first-order valence-corrected chi connectivity index (χ1v) is 5.32. The van der Waals surface area contributed by atoms with Gasteiger partial charge in [-0.15, -0.1) is 0 Å². The highest BCUT2D eigenvalue weighted by molar-refractivity contribution is 7.58. The Morgan fingerprint density at radius 2 is 1.86 bits per heavy atom. The van der Waals surface area contributed by atoms with E-state index in [9.17, 15) is 9.36 Å². The van der Waals surface area contributed by atoms with Crippen molar-refractivity contribution in [3.63, 3.8) is 0 Å². The van der Waals surface area contributed by atoms with Crippen LogP contribution in [-0.2, 0) is 9.30 Å². The zero-order chi connectivity index (χ0) is 10.6. The van der Waals surface area contributed by atoms with Gasteiger partial charge in [0.25, 0.3) is 0 Å². The fourth-order valence-corrected chi connectivity index (χ4v) is 1.44. The van der Waals surface area contributed by atoms with Crippen LogP contribution in [0.25, 0.3) is 0 Å². The number of benzene rings is 1. The normalized spacial score (nSPS) is 11.9. The fourth-order valence-electron chi connectivity index (χ4n) is 0.838. The van der Waals surface area contributed by atoms with Crippen molar-refractivity contribution in [1.82, 2.24) is 0 Å². The van der Waals surface area contributed by atoms with Gasteiger partial charge in [0.1, 0.15) is 5.75 Å². The topological polar surface area (TPSA) is 52.6 Å². The van der Waals surface area contributed by atoms with Gasteiger partial charge in [0.2, 0.25) is 0 Å². The molecule has 1 unspecified atom stereocenters. The minimum atomic E-state index is -2.79. The Bertz CT molecular complexity index is 344. The number of hydrogen-bond donors (Lipinski definition) is 0. The van der Waals surface area contributed by atoms with Crippen LogP contribution < -0.4 is 4.52 Å². The number of hydrogen-bond acceptors (Lipinski definition) is 4. The predicted molar refractivity (Wildman–Crippen MR) is 53.2 cm³/mol. The zero-order valence-electron chi connectivity index (χ0n) is 7.94. The maximum absolute atomic E-state index is 11.1. The molecule has 0 aliphatic rings. The van der Waals surface area contributed by atoms with Crippen molar-refractivity contribution in [3.8, 4) is 5.75 Å². The van der Waals surface area contributed by atoms with E-state index in [2.05, 4.69) is 4.74 Å². The molecule has 4 nitrogen and oxygen atoms in total. The van der Waals surface area contributed by atoms with Crippen LogP contribution in [0.2, 0.25) is 0 Å². The SMILES string of the molecule is COC(=O)[PH](=O)Oc1ccc(C)cc1. The molecule has 1 atom stereocenters. The van der Waals surface area contributed by atoms with E-state index in [4.69, 9.17) is 4.52 Å².